The molecule has 1 aliphatic carbocycles. The zero-order valence-corrected chi connectivity index (χ0v) is 16.0. The molecule has 7 nitrogen and oxygen atoms in total. The van der Waals surface area contributed by atoms with Crippen LogP contribution in [0.25, 0.3) is 0 Å². The van der Waals surface area contributed by atoms with Gasteiger partial charge >= 0.3 is 0 Å². The Morgan fingerprint density at radius 2 is 1.68 bits per heavy atom. The maximum Gasteiger partial charge on any atom is 0.242 e. The second-order valence-corrected chi connectivity index (χ2v) is 7.49. The fourth-order valence-electron chi connectivity index (χ4n) is 4.28. The minimum atomic E-state index is -0.282. The Bertz CT molecular complexity index is 788. The average molecular weight is 383 g/mol. The first-order valence-electron chi connectivity index (χ1n) is 9.75. The van der Waals surface area contributed by atoms with Crippen molar-refractivity contribution in [1.82, 2.24) is 9.80 Å². The number of carbonyl (C=O) groups is 3. The number of hydrogen-bond acceptors (Lipinski definition) is 5. The van der Waals surface area contributed by atoms with E-state index in [-0.39, 0.29) is 36.1 Å². The minimum absolute atomic E-state index is 0.135. The summed E-state index contributed by atoms with van der Waals surface area (Å²) in [4.78, 5) is 42.9. The van der Waals surface area contributed by atoms with Crippen LogP contribution >= 0.6 is 0 Å². The highest BCUT2D eigenvalue weighted by atomic mass is 16.5. The molecule has 2 saturated heterocycles. The van der Waals surface area contributed by atoms with Gasteiger partial charge in [-0.3, -0.25) is 19.3 Å². The first-order valence-corrected chi connectivity index (χ1v) is 9.75. The van der Waals surface area contributed by atoms with E-state index in [1.54, 1.807) is 12.0 Å². The van der Waals surface area contributed by atoms with E-state index >= 15 is 0 Å². The Kier molecular flexibility index (Phi) is 5.07. The number of nitrogens with zero attached hydrogens (tertiary/aromatic N) is 3. The summed E-state index contributed by atoms with van der Waals surface area (Å²) in [6, 6.07) is 7.86. The summed E-state index contributed by atoms with van der Waals surface area (Å²) < 4.78 is 5.27. The van der Waals surface area contributed by atoms with Crippen LogP contribution in [0.1, 0.15) is 12.8 Å². The van der Waals surface area contributed by atoms with Crippen molar-refractivity contribution < 1.29 is 19.1 Å². The van der Waals surface area contributed by atoms with Crippen molar-refractivity contribution in [2.45, 2.75) is 12.8 Å². The van der Waals surface area contributed by atoms with Crippen molar-refractivity contribution in [3.63, 3.8) is 0 Å². The monoisotopic (exact) mass is 383 g/mol. The third kappa shape index (κ3) is 3.37. The molecule has 7 heteroatoms. The van der Waals surface area contributed by atoms with Gasteiger partial charge in [-0.1, -0.05) is 18.2 Å². The number of rotatable bonds is 4. The quantitative estimate of drug-likeness (QED) is 0.579. The molecule has 3 aliphatic rings. The van der Waals surface area contributed by atoms with Gasteiger partial charge in [-0.05, 0) is 25.0 Å². The van der Waals surface area contributed by atoms with E-state index in [1.165, 1.54) is 4.90 Å². The highest BCUT2D eigenvalue weighted by Gasteiger charge is 2.47. The predicted molar refractivity (Wildman–Crippen MR) is 104 cm³/mol. The molecule has 0 N–H and O–H groups in total. The number of anilines is 1. The molecule has 0 radical (unpaired) electrons. The number of methoxy groups -OCH3 is 1. The molecule has 0 aromatic heterocycles. The summed E-state index contributed by atoms with van der Waals surface area (Å²) in [6.45, 7) is 2.41. The maximum absolute atomic E-state index is 12.7. The number of likely N-dealkylation sites (tertiary alicyclic amines) is 1. The Morgan fingerprint density at radius 3 is 2.29 bits per heavy atom. The lowest BCUT2D eigenvalue weighted by Gasteiger charge is -2.36. The largest absolute Gasteiger partial charge is 0.497 e. The standard InChI is InChI=1S/C21H25N3O4/c1-28-16-6-4-5-15(13-16)22-9-11-23(12-10-22)19(25)14-24-20(26)17-7-2-3-8-18(17)21(24)27/h2-6,13,17-18H,7-12,14H2,1H3/t17-,18-/m1/s1. The van der Waals surface area contributed by atoms with Crippen molar-refractivity contribution in [2.24, 2.45) is 11.8 Å². The molecule has 1 aromatic carbocycles. The lowest BCUT2D eigenvalue weighted by atomic mass is 9.85. The van der Waals surface area contributed by atoms with E-state index in [0.29, 0.717) is 39.0 Å². The van der Waals surface area contributed by atoms with E-state index in [1.807, 2.05) is 36.4 Å². The van der Waals surface area contributed by atoms with Gasteiger partial charge in [0.25, 0.3) is 0 Å². The number of piperazine rings is 1. The summed E-state index contributed by atoms with van der Waals surface area (Å²) in [5.74, 6) is -0.299. The molecule has 1 aromatic rings. The molecule has 2 atom stereocenters. The topological polar surface area (TPSA) is 70.2 Å². The number of ether oxygens (including phenoxy) is 1. The number of fused-ring (bicyclic) bond motifs is 1. The van der Waals surface area contributed by atoms with Crippen molar-refractivity contribution in [3.05, 3.63) is 36.4 Å². The van der Waals surface area contributed by atoms with Gasteiger partial charge in [0.2, 0.25) is 17.7 Å². The van der Waals surface area contributed by atoms with Crippen LogP contribution in [-0.4, -0.2) is 67.4 Å². The van der Waals surface area contributed by atoms with E-state index in [2.05, 4.69) is 4.90 Å². The van der Waals surface area contributed by atoms with E-state index in [0.717, 1.165) is 11.4 Å². The van der Waals surface area contributed by atoms with E-state index in [9.17, 15) is 14.4 Å². The van der Waals surface area contributed by atoms with Crippen LogP contribution in [0.2, 0.25) is 0 Å². The van der Waals surface area contributed by atoms with Crippen molar-refractivity contribution >= 4 is 23.4 Å². The molecule has 3 amide bonds. The third-order valence-electron chi connectivity index (χ3n) is 5.94. The fraction of sp³-hybridized carbons (Fsp3) is 0.476. The zero-order chi connectivity index (χ0) is 19.7. The van der Waals surface area contributed by atoms with Crippen molar-refractivity contribution in [1.29, 1.82) is 0 Å². The van der Waals surface area contributed by atoms with Crippen LogP contribution in [-0.2, 0) is 14.4 Å². The molecule has 148 valence electrons. The first-order chi connectivity index (χ1) is 13.6. The normalized spacial score (nSPS) is 24.5. The second kappa shape index (κ2) is 7.66. The van der Waals surface area contributed by atoms with Gasteiger partial charge in [-0.25, -0.2) is 0 Å². The van der Waals surface area contributed by atoms with Crippen molar-refractivity contribution in [2.75, 3.05) is 44.7 Å². The molecule has 2 heterocycles. The molecule has 0 unspecified atom stereocenters. The van der Waals surface area contributed by atoms with E-state index in [4.69, 9.17) is 4.74 Å². The molecular weight excluding hydrogens is 358 g/mol. The number of amides is 3. The highest BCUT2D eigenvalue weighted by molar-refractivity contribution is 6.07. The predicted octanol–water partition coefficient (Wildman–Crippen LogP) is 1.29. The summed E-state index contributed by atoms with van der Waals surface area (Å²) in [6.07, 6.45) is 5.10. The van der Waals surface area contributed by atoms with Gasteiger partial charge < -0.3 is 14.5 Å². The molecule has 0 saturated carbocycles. The van der Waals surface area contributed by atoms with Gasteiger partial charge in [0.1, 0.15) is 12.3 Å². The molecule has 28 heavy (non-hydrogen) atoms. The molecule has 2 fully saturated rings. The zero-order valence-electron chi connectivity index (χ0n) is 16.0. The number of hydrogen-bond donors (Lipinski definition) is 0. The molecule has 0 spiro atoms. The molecule has 2 aliphatic heterocycles. The average Bonchev–Trinajstić information content (AvgIpc) is 2.99. The first kappa shape index (κ1) is 18.5. The molecule has 0 bridgehead atoms. The van der Waals surface area contributed by atoms with Gasteiger partial charge in [0.15, 0.2) is 0 Å². The third-order valence-corrected chi connectivity index (χ3v) is 5.94. The summed E-state index contributed by atoms with van der Waals surface area (Å²) in [7, 11) is 1.64. The van der Waals surface area contributed by atoms with Crippen LogP contribution in [0.3, 0.4) is 0 Å². The lowest BCUT2D eigenvalue weighted by molar-refractivity contribution is -0.146. The summed E-state index contributed by atoms with van der Waals surface area (Å²) >= 11 is 0. The summed E-state index contributed by atoms with van der Waals surface area (Å²) in [5.41, 5.74) is 1.06. The molecule has 4 rings (SSSR count). The number of allylic oxidation sites excluding steroid dienone is 2. The summed E-state index contributed by atoms with van der Waals surface area (Å²) in [5, 5.41) is 0. The van der Waals surface area contributed by atoms with E-state index < -0.39 is 0 Å². The minimum Gasteiger partial charge on any atom is -0.497 e. The Hall–Kier alpha value is -2.83. The number of benzene rings is 1. The second-order valence-electron chi connectivity index (χ2n) is 7.49. The SMILES string of the molecule is COc1cccc(N2CCN(C(=O)CN3C(=O)[C@@H]4CC=CC[C@H]4C3=O)CC2)c1. The number of imide groups is 1. The van der Waals surface area contributed by atoms with Crippen LogP contribution in [0, 0.1) is 11.8 Å². The Labute approximate surface area is 164 Å². The van der Waals surface area contributed by atoms with Crippen LogP contribution in [0.15, 0.2) is 36.4 Å². The van der Waals surface area contributed by atoms with Gasteiger partial charge in [-0.2, -0.15) is 0 Å². The molecular formula is C21H25N3O4. The fourth-order valence-corrected chi connectivity index (χ4v) is 4.28. The lowest BCUT2D eigenvalue weighted by Crippen LogP contribution is -2.52. The highest BCUT2D eigenvalue weighted by Crippen LogP contribution is 2.35. The van der Waals surface area contributed by atoms with Gasteiger partial charge in [-0.15, -0.1) is 0 Å². The van der Waals surface area contributed by atoms with Gasteiger partial charge in [0, 0.05) is 37.9 Å². The Balaban J connectivity index is 1.34. The van der Waals surface area contributed by atoms with Gasteiger partial charge in [0.05, 0.1) is 18.9 Å². The number of carbonyl (C=O) groups excluding carboxylic acids is 3. The smallest absolute Gasteiger partial charge is 0.242 e. The van der Waals surface area contributed by atoms with Crippen LogP contribution in [0.4, 0.5) is 5.69 Å². The van der Waals surface area contributed by atoms with Crippen molar-refractivity contribution in [3.8, 4) is 5.75 Å². The maximum atomic E-state index is 12.7. The Morgan fingerprint density at radius 1 is 1.04 bits per heavy atom. The van der Waals surface area contributed by atoms with Crippen LogP contribution in [0.5, 0.6) is 5.75 Å². The van der Waals surface area contributed by atoms with Crippen LogP contribution < -0.4 is 9.64 Å².